The zero-order chi connectivity index (χ0) is 19.6. The first kappa shape index (κ1) is 20.6. The molecule has 0 fully saturated rings. The molecule has 0 bridgehead atoms. The predicted molar refractivity (Wildman–Crippen MR) is 113 cm³/mol. The molecule has 1 aliphatic heterocycles. The number of hydrogen-bond donors (Lipinski definition) is 0. The normalized spacial score (nSPS) is 13.9. The highest BCUT2D eigenvalue weighted by molar-refractivity contribution is 6.90. The maximum absolute atomic E-state index is 12.1. The molecule has 0 unspecified atom stereocenters. The molecule has 0 N–H and O–H groups in total. The lowest BCUT2D eigenvalue weighted by Crippen LogP contribution is -2.43. The van der Waals surface area contributed by atoms with Crippen molar-refractivity contribution in [2.45, 2.75) is 71.5 Å². The topological polar surface area (TPSA) is 29.5 Å². The van der Waals surface area contributed by atoms with Gasteiger partial charge in [-0.2, -0.15) is 0 Å². The van der Waals surface area contributed by atoms with Crippen LogP contribution in [0.15, 0.2) is 12.1 Å². The van der Waals surface area contributed by atoms with Crippen LogP contribution in [0.3, 0.4) is 0 Å². The summed E-state index contributed by atoms with van der Waals surface area (Å²) in [5.41, 5.74) is 8.62. The van der Waals surface area contributed by atoms with Crippen molar-refractivity contribution in [3.63, 3.8) is 0 Å². The Labute approximate surface area is 160 Å². The first-order chi connectivity index (χ1) is 12.1. The molecule has 26 heavy (non-hydrogen) atoms. The van der Waals surface area contributed by atoms with Crippen LogP contribution < -0.4 is 9.64 Å². The molecule has 0 saturated carbocycles. The standard InChI is InChI=1S/C22H33NO2Si/c1-15(2)26(16(3)4,17(5)6)12-10-20-14-21(25-8)13-19-9-11-23(18(7)24)22(19)20/h13-17H,9,11H2,1-8H3. The Bertz CT molecular complexity index is 719. The average molecular weight is 372 g/mol. The van der Waals surface area contributed by atoms with Gasteiger partial charge in [-0.1, -0.05) is 47.5 Å². The van der Waals surface area contributed by atoms with Gasteiger partial charge in [-0.05, 0) is 40.7 Å². The molecule has 1 heterocycles. The molecule has 0 radical (unpaired) electrons. The highest BCUT2D eigenvalue weighted by atomic mass is 28.3. The van der Waals surface area contributed by atoms with Gasteiger partial charge in [-0.25, -0.2) is 0 Å². The Morgan fingerprint density at radius 3 is 2.15 bits per heavy atom. The fraction of sp³-hybridized carbons (Fsp3) is 0.591. The summed E-state index contributed by atoms with van der Waals surface area (Å²) in [5, 5.41) is 0. The van der Waals surface area contributed by atoms with E-state index in [4.69, 9.17) is 4.74 Å². The van der Waals surface area contributed by atoms with Crippen molar-refractivity contribution >= 4 is 19.7 Å². The number of amides is 1. The predicted octanol–water partition coefficient (Wildman–Crippen LogP) is 5.17. The number of hydrogen-bond acceptors (Lipinski definition) is 2. The van der Waals surface area contributed by atoms with Crippen molar-refractivity contribution in [3.8, 4) is 17.2 Å². The second kappa shape index (κ2) is 7.88. The largest absolute Gasteiger partial charge is 0.497 e. The summed E-state index contributed by atoms with van der Waals surface area (Å²) in [6.07, 6.45) is 0.863. The van der Waals surface area contributed by atoms with E-state index in [-0.39, 0.29) is 5.91 Å². The Morgan fingerprint density at radius 1 is 1.12 bits per heavy atom. The van der Waals surface area contributed by atoms with Crippen LogP contribution in [0, 0.1) is 11.5 Å². The molecule has 4 heteroatoms. The van der Waals surface area contributed by atoms with Crippen molar-refractivity contribution in [3.05, 3.63) is 23.3 Å². The maximum Gasteiger partial charge on any atom is 0.223 e. The molecule has 0 aliphatic carbocycles. The monoisotopic (exact) mass is 371 g/mol. The molecule has 0 atom stereocenters. The van der Waals surface area contributed by atoms with Gasteiger partial charge in [-0.3, -0.25) is 4.79 Å². The lowest BCUT2D eigenvalue weighted by Gasteiger charge is -2.38. The number of ether oxygens (including phenoxy) is 1. The number of carbonyl (C=O) groups is 1. The van der Waals surface area contributed by atoms with Gasteiger partial charge in [0, 0.05) is 13.5 Å². The number of anilines is 1. The highest BCUT2D eigenvalue weighted by Gasteiger charge is 2.41. The lowest BCUT2D eigenvalue weighted by molar-refractivity contribution is -0.116. The van der Waals surface area contributed by atoms with Crippen LogP contribution in [0.5, 0.6) is 5.75 Å². The lowest BCUT2D eigenvalue weighted by atomic mass is 10.1. The van der Waals surface area contributed by atoms with Crippen LogP contribution in [-0.4, -0.2) is 27.6 Å². The van der Waals surface area contributed by atoms with E-state index in [1.54, 1.807) is 14.0 Å². The minimum absolute atomic E-state index is 0.0806. The first-order valence-electron chi connectivity index (χ1n) is 9.67. The van der Waals surface area contributed by atoms with E-state index >= 15 is 0 Å². The van der Waals surface area contributed by atoms with E-state index in [0.717, 1.165) is 35.5 Å². The summed E-state index contributed by atoms with van der Waals surface area (Å²) >= 11 is 0. The third-order valence-corrected chi connectivity index (χ3v) is 12.2. The number of nitrogens with zero attached hydrogens (tertiary/aromatic N) is 1. The van der Waals surface area contributed by atoms with E-state index in [1.165, 1.54) is 0 Å². The van der Waals surface area contributed by atoms with Gasteiger partial charge in [0.05, 0.1) is 18.4 Å². The minimum Gasteiger partial charge on any atom is -0.497 e. The molecule has 1 amide bonds. The number of rotatable bonds is 4. The molecule has 2 rings (SSSR count). The van der Waals surface area contributed by atoms with Gasteiger partial charge in [0.15, 0.2) is 0 Å². The summed E-state index contributed by atoms with van der Waals surface area (Å²) < 4.78 is 5.49. The van der Waals surface area contributed by atoms with Gasteiger partial charge in [0.2, 0.25) is 5.91 Å². The second-order valence-electron chi connectivity index (χ2n) is 8.25. The first-order valence-corrected chi connectivity index (χ1v) is 11.9. The third kappa shape index (κ3) is 3.55. The summed E-state index contributed by atoms with van der Waals surface area (Å²) in [6.45, 7) is 16.3. The van der Waals surface area contributed by atoms with Gasteiger partial charge >= 0.3 is 0 Å². The molecule has 0 aromatic heterocycles. The fourth-order valence-electron chi connectivity index (χ4n) is 4.66. The molecule has 0 saturated heterocycles. The van der Waals surface area contributed by atoms with Crippen molar-refractivity contribution in [1.29, 1.82) is 0 Å². The summed E-state index contributed by atoms with van der Waals surface area (Å²) in [7, 11) is -0.139. The molecule has 1 aromatic rings. The molecule has 1 aliphatic rings. The quantitative estimate of drug-likeness (QED) is 0.539. The molecule has 142 valence electrons. The van der Waals surface area contributed by atoms with Crippen molar-refractivity contribution < 1.29 is 9.53 Å². The second-order valence-corrected chi connectivity index (χ2v) is 13.8. The molecule has 1 aromatic carbocycles. The number of methoxy groups -OCH3 is 1. The maximum atomic E-state index is 12.1. The number of carbonyl (C=O) groups excluding carboxylic acids is 1. The van der Waals surface area contributed by atoms with Crippen LogP contribution in [0.4, 0.5) is 5.69 Å². The summed E-state index contributed by atoms with van der Waals surface area (Å²) in [5.74, 6) is 4.43. The summed E-state index contributed by atoms with van der Waals surface area (Å²) in [6, 6.07) is 4.04. The van der Waals surface area contributed by atoms with Crippen molar-refractivity contribution in [2.24, 2.45) is 0 Å². The average Bonchev–Trinajstić information content (AvgIpc) is 2.98. The van der Waals surface area contributed by atoms with Gasteiger partial charge in [0.25, 0.3) is 0 Å². The number of benzene rings is 1. The SMILES string of the molecule is COc1cc(C#C[Si](C(C)C)(C(C)C)C(C)C)c2c(c1)CCN2C(C)=O. The van der Waals surface area contributed by atoms with Gasteiger partial charge < -0.3 is 9.64 Å². The summed E-state index contributed by atoms with van der Waals surface area (Å²) in [4.78, 5) is 14.0. The Hall–Kier alpha value is -1.73. The fourth-order valence-corrected chi connectivity index (χ4v) is 9.87. The Morgan fingerprint density at radius 2 is 1.69 bits per heavy atom. The van der Waals surface area contributed by atoms with Crippen LogP contribution in [-0.2, 0) is 11.2 Å². The Balaban J connectivity index is 2.65. The molecular formula is C22H33NO2Si. The highest BCUT2D eigenvalue weighted by Crippen LogP contribution is 2.41. The van der Waals surface area contributed by atoms with E-state index < -0.39 is 8.07 Å². The van der Waals surface area contributed by atoms with Crippen molar-refractivity contribution in [2.75, 3.05) is 18.6 Å². The van der Waals surface area contributed by atoms with Crippen LogP contribution in [0.2, 0.25) is 16.6 Å². The van der Waals surface area contributed by atoms with Crippen LogP contribution in [0.25, 0.3) is 0 Å². The van der Waals surface area contributed by atoms with E-state index in [1.807, 2.05) is 17.0 Å². The van der Waals surface area contributed by atoms with Crippen molar-refractivity contribution in [1.82, 2.24) is 0 Å². The number of fused-ring (bicyclic) bond motifs is 1. The molecule has 3 nitrogen and oxygen atoms in total. The van der Waals surface area contributed by atoms with Gasteiger partial charge in [0.1, 0.15) is 13.8 Å². The third-order valence-electron chi connectivity index (χ3n) is 5.93. The minimum atomic E-state index is -1.83. The smallest absolute Gasteiger partial charge is 0.223 e. The molecule has 0 spiro atoms. The van der Waals surface area contributed by atoms with E-state index in [0.29, 0.717) is 16.6 Å². The zero-order valence-electron chi connectivity index (χ0n) is 17.6. The van der Waals surface area contributed by atoms with Gasteiger partial charge in [-0.15, -0.1) is 5.54 Å². The molecular weight excluding hydrogens is 338 g/mol. The van der Waals surface area contributed by atoms with Crippen LogP contribution in [0.1, 0.15) is 59.6 Å². The zero-order valence-corrected chi connectivity index (χ0v) is 18.6. The van der Waals surface area contributed by atoms with E-state index in [9.17, 15) is 4.79 Å². The van der Waals surface area contributed by atoms with E-state index in [2.05, 4.69) is 53.0 Å². The van der Waals surface area contributed by atoms with Crippen LogP contribution >= 0.6 is 0 Å². The Kier molecular flexibility index (Phi) is 6.23.